The summed E-state index contributed by atoms with van der Waals surface area (Å²) >= 11 is 0. The van der Waals surface area contributed by atoms with Crippen LogP contribution in [-0.4, -0.2) is 18.0 Å². The van der Waals surface area contributed by atoms with Crippen molar-refractivity contribution in [3.63, 3.8) is 0 Å². The summed E-state index contributed by atoms with van der Waals surface area (Å²) in [6.45, 7) is 2.20. The van der Waals surface area contributed by atoms with Gasteiger partial charge in [-0.1, -0.05) is 12.8 Å². The zero-order valence-electron chi connectivity index (χ0n) is 7.02. The van der Waals surface area contributed by atoms with Gasteiger partial charge in [-0.3, -0.25) is 4.79 Å². The Hall–Kier alpha value is -0.570. The molecule has 3 N–H and O–H groups in total. The van der Waals surface area contributed by atoms with Crippen molar-refractivity contribution < 1.29 is 4.79 Å². The molecule has 0 aliphatic heterocycles. The number of hydrogen-bond acceptors (Lipinski definition) is 2. The summed E-state index contributed by atoms with van der Waals surface area (Å²) < 4.78 is 0. The van der Waals surface area contributed by atoms with Gasteiger partial charge in [0, 0.05) is 5.54 Å². The lowest BCUT2D eigenvalue weighted by atomic mass is 10.0. The molecule has 3 heteroatoms. The average Bonchev–Trinajstić information content (AvgIpc) is 2.36. The summed E-state index contributed by atoms with van der Waals surface area (Å²) in [5.74, 6) is -0.0330. The van der Waals surface area contributed by atoms with Crippen molar-refractivity contribution >= 4 is 5.91 Å². The Morgan fingerprint density at radius 1 is 1.55 bits per heavy atom. The van der Waals surface area contributed by atoms with E-state index in [0.717, 1.165) is 12.8 Å². The quantitative estimate of drug-likeness (QED) is 0.608. The topological polar surface area (TPSA) is 55.1 Å². The SMILES string of the molecule is CC1(NC(=O)CN)CCCC1. The van der Waals surface area contributed by atoms with E-state index >= 15 is 0 Å². The minimum Gasteiger partial charge on any atom is -0.350 e. The van der Waals surface area contributed by atoms with E-state index in [-0.39, 0.29) is 18.0 Å². The maximum atomic E-state index is 10.9. The number of carbonyl (C=O) groups excluding carboxylic acids is 1. The average molecular weight is 156 g/mol. The van der Waals surface area contributed by atoms with Crippen LogP contribution < -0.4 is 11.1 Å². The highest BCUT2D eigenvalue weighted by molar-refractivity contribution is 5.78. The van der Waals surface area contributed by atoms with Crippen LogP contribution in [0.15, 0.2) is 0 Å². The standard InChI is InChI=1S/C8H16N2O/c1-8(4-2-3-5-8)10-7(11)6-9/h2-6,9H2,1H3,(H,10,11). The Balaban J connectivity index is 2.39. The van der Waals surface area contributed by atoms with E-state index in [1.165, 1.54) is 12.8 Å². The third-order valence-electron chi connectivity index (χ3n) is 2.33. The molecule has 0 radical (unpaired) electrons. The summed E-state index contributed by atoms with van der Waals surface area (Å²) in [7, 11) is 0. The lowest BCUT2D eigenvalue weighted by Crippen LogP contribution is -2.46. The van der Waals surface area contributed by atoms with Gasteiger partial charge in [-0.2, -0.15) is 0 Å². The van der Waals surface area contributed by atoms with E-state index in [1.807, 2.05) is 0 Å². The zero-order valence-corrected chi connectivity index (χ0v) is 7.02. The van der Waals surface area contributed by atoms with Crippen LogP contribution in [-0.2, 0) is 4.79 Å². The minimum absolute atomic E-state index is 0.0330. The summed E-state index contributed by atoms with van der Waals surface area (Å²) in [5.41, 5.74) is 5.24. The molecule has 0 aromatic rings. The second-order valence-electron chi connectivity index (χ2n) is 3.52. The first-order valence-corrected chi connectivity index (χ1v) is 4.17. The molecule has 1 fully saturated rings. The van der Waals surface area contributed by atoms with Gasteiger partial charge in [0.05, 0.1) is 6.54 Å². The van der Waals surface area contributed by atoms with Crippen LogP contribution in [0.3, 0.4) is 0 Å². The molecule has 0 bridgehead atoms. The van der Waals surface area contributed by atoms with Gasteiger partial charge in [-0.15, -0.1) is 0 Å². The largest absolute Gasteiger partial charge is 0.350 e. The lowest BCUT2D eigenvalue weighted by Gasteiger charge is -2.24. The molecule has 0 aromatic carbocycles. The van der Waals surface area contributed by atoms with Gasteiger partial charge in [0.1, 0.15) is 0 Å². The second-order valence-corrected chi connectivity index (χ2v) is 3.52. The van der Waals surface area contributed by atoms with E-state index < -0.39 is 0 Å². The Morgan fingerprint density at radius 3 is 2.55 bits per heavy atom. The Kier molecular flexibility index (Phi) is 2.49. The Labute approximate surface area is 67.3 Å². The first kappa shape index (κ1) is 8.53. The molecule has 3 nitrogen and oxygen atoms in total. The van der Waals surface area contributed by atoms with Crippen LogP contribution in [0, 0.1) is 0 Å². The van der Waals surface area contributed by atoms with Crippen molar-refractivity contribution in [2.45, 2.75) is 38.1 Å². The molecule has 0 unspecified atom stereocenters. The third kappa shape index (κ3) is 2.19. The predicted octanol–water partition coefficient (Wildman–Crippen LogP) is 0.394. The molecular weight excluding hydrogens is 140 g/mol. The van der Waals surface area contributed by atoms with Crippen molar-refractivity contribution in [1.82, 2.24) is 5.32 Å². The van der Waals surface area contributed by atoms with Gasteiger partial charge < -0.3 is 11.1 Å². The molecule has 1 rings (SSSR count). The number of nitrogens with two attached hydrogens (primary N) is 1. The van der Waals surface area contributed by atoms with E-state index in [2.05, 4.69) is 12.2 Å². The summed E-state index contributed by atoms with van der Waals surface area (Å²) in [5, 5.41) is 2.94. The van der Waals surface area contributed by atoms with Crippen molar-refractivity contribution in [1.29, 1.82) is 0 Å². The molecule has 11 heavy (non-hydrogen) atoms. The Morgan fingerprint density at radius 2 is 2.09 bits per heavy atom. The highest BCUT2D eigenvalue weighted by Gasteiger charge is 2.29. The number of rotatable bonds is 2. The first-order chi connectivity index (χ1) is 5.16. The smallest absolute Gasteiger partial charge is 0.234 e. The Bertz CT molecular complexity index is 150. The fourth-order valence-electron chi connectivity index (χ4n) is 1.67. The van der Waals surface area contributed by atoms with E-state index in [9.17, 15) is 4.79 Å². The summed E-state index contributed by atoms with van der Waals surface area (Å²) in [4.78, 5) is 10.9. The normalized spacial score (nSPS) is 21.6. The summed E-state index contributed by atoms with van der Waals surface area (Å²) in [6.07, 6.45) is 4.64. The van der Waals surface area contributed by atoms with Gasteiger partial charge in [-0.25, -0.2) is 0 Å². The van der Waals surface area contributed by atoms with Crippen LogP contribution in [0.5, 0.6) is 0 Å². The van der Waals surface area contributed by atoms with Crippen molar-refractivity contribution in [3.8, 4) is 0 Å². The van der Waals surface area contributed by atoms with E-state index in [4.69, 9.17) is 5.73 Å². The molecule has 0 heterocycles. The fraction of sp³-hybridized carbons (Fsp3) is 0.875. The maximum absolute atomic E-state index is 10.9. The fourth-order valence-corrected chi connectivity index (χ4v) is 1.67. The monoisotopic (exact) mass is 156 g/mol. The number of nitrogens with one attached hydrogen (secondary N) is 1. The molecule has 1 amide bonds. The highest BCUT2D eigenvalue weighted by atomic mass is 16.1. The van der Waals surface area contributed by atoms with E-state index in [1.54, 1.807) is 0 Å². The van der Waals surface area contributed by atoms with Crippen LogP contribution in [0.4, 0.5) is 0 Å². The first-order valence-electron chi connectivity index (χ1n) is 4.17. The van der Waals surface area contributed by atoms with Crippen molar-refractivity contribution in [3.05, 3.63) is 0 Å². The molecule has 1 aliphatic carbocycles. The van der Waals surface area contributed by atoms with E-state index in [0.29, 0.717) is 0 Å². The second kappa shape index (κ2) is 3.22. The van der Waals surface area contributed by atoms with Gasteiger partial charge >= 0.3 is 0 Å². The number of amides is 1. The van der Waals surface area contributed by atoms with Gasteiger partial charge in [0.25, 0.3) is 0 Å². The van der Waals surface area contributed by atoms with Crippen LogP contribution in [0.25, 0.3) is 0 Å². The third-order valence-corrected chi connectivity index (χ3v) is 2.33. The molecule has 0 saturated heterocycles. The molecular formula is C8H16N2O. The zero-order chi connectivity index (χ0) is 8.32. The van der Waals surface area contributed by atoms with Gasteiger partial charge in [0.15, 0.2) is 0 Å². The molecule has 1 saturated carbocycles. The maximum Gasteiger partial charge on any atom is 0.234 e. The highest BCUT2D eigenvalue weighted by Crippen LogP contribution is 2.28. The van der Waals surface area contributed by atoms with Crippen molar-refractivity contribution in [2.24, 2.45) is 5.73 Å². The molecule has 0 spiro atoms. The molecule has 0 atom stereocenters. The predicted molar refractivity (Wildman–Crippen MR) is 44.1 cm³/mol. The van der Waals surface area contributed by atoms with Crippen molar-refractivity contribution in [2.75, 3.05) is 6.54 Å². The molecule has 1 aliphatic rings. The lowest BCUT2D eigenvalue weighted by molar-refractivity contribution is -0.121. The molecule has 0 aromatic heterocycles. The van der Waals surface area contributed by atoms with Crippen LogP contribution in [0.2, 0.25) is 0 Å². The minimum atomic E-state index is -0.0330. The number of hydrogen-bond donors (Lipinski definition) is 2. The van der Waals surface area contributed by atoms with Gasteiger partial charge in [0.2, 0.25) is 5.91 Å². The summed E-state index contributed by atoms with van der Waals surface area (Å²) in [6, 6.07) is 0. The number of carbonyl (C=O) groups is 1. The molecule has 64 valence electrons. The van der Waals surface area contributed by atoms with Gasteiger partial charge in [-0.05, 0) is 19.8 Å². The van der Waals surface area contributed by atoms with Crippen LogP contribution in [0.1, 0.15) is 32.6 Å². The van der Waals surface area contributed by atoms with Crippen LogP contribution >= 0.6 is 0 Å².